The number of thiazole rings is 1. The molecular formula is C14H18N4OS. The van der Waals surface area contributed by atoms with Crippen LogP contribution in [0.1, 0.15) is 18.9 Å². The summed E-state index contributed by atoms with van der Waals surface area (Å²) in [5.74, 6) is 0. The van der Waals surface area contributed by atoms with Crippen molar-refractivity contribution in [3.63, 3.8) is 0 Å². The molecule has 0 aliphatic heterocycles. The summed E-state index contributed by atoms with van der Waals surface area (Å²) in [5, 5.41) is 6.09. The normalized spacial score (nSPS) is 11.6. The Morgan fingerprint density at radius 2 is 2.10 bits per heavy atom. The lowest BCUT2D eigenvalue weighted by molar-refractivity contribution is 0.249. The van der Waals surface area contributed by atoms with E-state index in [4.69, 9.17) is 5.73 Å². The number of carbonyl (C=O) groups is 1. The summed E-state index contributed by atoms with van der Waals surface area (Å²) in [6.07, 6.45) is 0.985. The Balaban J connectivity index is 2.45. The van der Waals surface area contributed by atoms with Gasteiger partial charge in [-0.1, -0.05) is 36.8 Å². The molecule has 5 nitrogen and oxygen atoms in total. The van der Waals surface area contributed by atoms with Gasteiger partial charge in [-0.25, -0.2) is 10.2 Å². The minimum atomic E-state index is -0.654. The number of nitrogens with two attached hydrogens (primary N) is 1. The zero-order valence-electron chi connectivity index (χ0n) is 11.6. The van der Waals surface area contributed by atoms with Crippen LogP contribution < -0.4 is 16.0 Å². The monoisotopic (exact) mass is 290 g/mol. The molecule has 0 atom stereocenters. The molecule has 2 rings (SSSR count). The van der Waals surface area contributed by atoms with E-state index < -0.39 is 6.03 Å². The lowest BCUT2D eigenvalue weighted by atomic mass is 10.1. The van der Waals surface area contributed by atoms with Gasteiger partial charge in [0.25, 0.3) is 0 Å². The molecule has 2 aromatic rings. The van der Waals surface area contributed by atoms with E-state index in [2.05, 4.69) is 53.2 Å². The molecule has 20 heavy (non-hydrogen) atoms. The fraction of sp³-hybridized carbons (Fsp3) is 0.286. The third-order valence-electron chi connectivity index (χ3n) is 2.85. The van der Waals surface area contributed by atoms with Gasteiger partial charge in [0.1, 0.15) is 0 Å². The van der Waals surface area contributed by atoms with Gasteiger partial charge in [-0.05, 0) is 18.9 Å². The van der Waals surface area contributed by atoms with E-state index in [-0.39, 0.29) is 0 Å². The van der Waals surface area contributed by atoms with Crippen molar-refractivity contribution >= 4 is 17.4 Å². The van der Waals surface area contributed by atoms with E-state index in [9.17, 15) is 4.79 Å². The summed E-state index contributed by atoms with van der Waals surface area (Å²) in [6.45, 7) is 5.01. The molecule has 2 amide bonds. The molecule has 0 aliphatic rings. The maximum Gasteiger partial charge on any atom is 0.332 e. The summed E-state index contributed by atoms with van der Waals surface area (Å²) < 4.78 is 2.09. The molecule has 0 spiro atoms. The molecule has 6 heteroatoms. The number of amides is 2. The van der Waals surface area contributed by atoms with Gasteiger partial charge in [0.05, 0.1) is 5.69 Å². The highest BCUT2D eigenvalue weighted by Gasteiger charge is 2.07. The van der Waals surface area contributed by atoms with Crippen LogP contribution in [0.2, 0.25) is 0 Å². The second-order valence-electron chi connectivity index (χ2n) is 4.51. The SMILES string of the molecule is CCCn1c(-c2ccc(C)cc2)cs/c1=N\NC(N)=O. The van der Waals surface area contributed by atoms with Crippen LogP contribution in [-0.2, 0) is 6.54 Å². The molecule has 1 aromatic carbocycles. The van der Waals surface area contributed by atoms with Crippen molar-refractivity contribution < 1.29 is 4.79 Å². The van der Waals surface area contributed by atoms with Crippen LogP contribution >= 0.6 is 11.3 Å². The number of primary amides is 1. The number of urea groups is 1. The van der Waals surface area contributed by atoms with Gasteiger partial charge in [-0.15, -0.1) is 16.4 Å². The number of carbonyl (C=O) groups excluding carboxylic acids is 1. The molecule has 0 saturated heterocycles. The van der Waals surface area contributed by atoms with E-state index in [0.717, 1.165) is 29.0 Å². The lowest BCUT2D eigenvalue weighted by Gasteiger charge is -2.07. The molecular weight excluding hydrogens is 272 g/mol. The number of hydrogen-bond acceptors (Lipinski definition) is 3. The number of hydrogen-bond donors (Lipinski definition) is 2. The van der Waals surface area contributed by atoms with Crippen molar-refractivity contribution in [1.29, 1.82) is 0 Å². The zero-order valence-corrected chi connectivity index (χ0v) is 12.4. The van der Waals surface area contributed by atoms with Crippen molar-refractivity contribution in [3.8, 4) is 11.3 Å². The quantitative estimate of drug-likeness (QED) is 0.834. The number of rotatable bonds is 4. The number of aryl methyl sites for hydroxylation is 1. The molecule has 1 heterocycles. The largest absolute Gasteiger partial charge is 0.350 e. The van der Waals surface area contributed by atoms with Gasteiger partial charge in [0.15, 0.2) is 0 Å². The minimum Gasteiger partial charge on any atom is -0.350 e. The van der Waals surface area contributed by atoms with Crippen molar-refractivity contribution in [3.05, 3.63) is 40.0 Å². The van der Waals surface area contributed by atoms with Crippen molar-refractivity contribution in [1.82, 2.24) is 9.99 Å². The first-order valence-corrected chi connectivity index (χ1v) is 7.34. The summed E-state index contributed by atoms with van der Waals surface area (Å²) in [4.78, 5) is 11.5. The van der Waals surface area contributed by atoms with Gasteiger partial charge in [0, 0.05) is 11.9 Å². The Bertz CT molecular complexity index is 655. The lowest BCUT2D eigenvalue weighted by Crippen LogP contribution is -2.28. The predicted molar refractivity (Wildman–Crippen MR) is 81.1 cm³/mol. The Morgan fingerprint density at radius 3 is 2.70 bits per heavy atom. The van der Waals surface area contributed by atoms with Crippen molar-refractivity contribution in [2.45, 2.75) is 26.8 Å². The average Bonchev–Trinajstić information content (AvgIpc) is 2.81. The van der Waals surface area contributed by atoms with Crippen molar-refractivity contribution in [2.24, 2.45) is 10.8 Å². The number of aromatic nitrogens is 1. The predicted octanol–water partition coefficient (Wildman–Crippen LogP) is 2.42. The Kier molecular flexibility index (Phi) is 4.57. The summed E-state index contributed by atoms with van der Waals surface area (Å²) in [6, 6.07) is 7.70. The van der Waals surface area contributed by atoms with E-state index >= 15 is 0 Å². The smallest absolute Gasteiger partial charge is 0.332 e. The van der Waals surface area contributed by atoms with Crippen LogP contribution in [0.5, 0.6) is 0 Å². The Morgan fingerprint density at radius 1 is 1.40 bits per heavy atom. The minimum absolute atomic E-state index is 0.654. The van der Waals surface area contributed by atoms with Crippen LogP contribution in [0.15, 0.2) is 34.7 Å². The molecule has 0 unspecified atom stereocenters. The zero-order chi connectivity index (χ0) is 14.5. The van der Waals surface area contributed by atoms with E-state index in [1.807, 2.05) is 5.38 Å². The molecule has 106 valence electrons. The molecule has 1 aromatic heterocycles. The van der Waals surface area contributed by atoms with Crippen LogP contribution in [0.25, 0.3) is 11.3 Å². The van der Waals surface area contributed by atoms with Crippen LogP contribution in [0.3, 0.4) is 0 Å². The number of benzene rings is 1. The number of nitrogens with one attached hydrogen (secondary N) is 1. The van der Waals surface area contributed by atoms with Crippen molar-refractivity contribution in [2.75, 3.05) is 0 Å². The third kappa shape index (κ3) is 3.27. The van der Waals surface area contributed by atoms with Gasteiger partial charge in [-0.3, -0.25) is 0 Å². The molecule has 0 saturated carbocycles. The van der Waals surface area contributed by atoms with Crippen LogP contribution in [0.4, 0.5) is 4.79 Å². The van der Waals surface area contributed by atoms with Gasteiger partial charge in [-0.2, -0.15) is 0 Å². The topological polar surface area (TPSA) is 72.4 Å². The van der Waals surface area contributed by atoms with Gasteiger partial charge in [0.2, 0.25) is 4.80 Å². The summed E-state index contributed by atoms with van der Waals surface area (Å²) in [7, 11) is 0. The summed E-state index contributed by atoms with van der Waals surface area (Å²) in [5.41, 5.74) is 10.8. The fourth-order valence-electron chi connectivity index (χ4n) is 1.92. The first-order valence-electron chi connectivity index (χ1n) is 6.46. The van der Waals surface area contributed by atoms with Crippen LogP contribution in [-0.4, -0.2) is 10.6 Å². The Hall–Kier alpha value is -2.08. The first-order chi connectivity index (χ1) is 9.61. The third-order valence-corrected chi connectivity index (χ3v) is 3.72. The van der Waals surface area contributed by atoms with E-state index in [0.29, 0.717) is 0 Å². The average molecular weight is 290 g/mol. The van der Waals surface area contributed by atoms with Gasteiger partial charge >= 0.3 is 6.03 Å². The maximum absolute atomic E-state index is 10.8. The molecule has 0 bridgehead atoms. The molecule has 0 aliphatic carbocycles. The second kappa shape index (κ2) is 6.38. The van der Waals surface area contributed by atoms with Crippen LogP contribution in [0, 0.1) is 6.92 Å². The van der Waals surface area contributed by atoms with E-state index in [1.54, 1.807) is 0 Å². The maximum atomic E-state index is 10.8. The number of nitrogens with zero attached hydrogens (tertiary/aromatic N) is 2. The summed E-state index contributed by atoms with van der Waals surface area (Å²) >= 11 is 1.48. The second-order valence-corrected chi connectivity index (χ2v) is 5.35. The molecule has 0 fully saturated rings. The molecule has 0 radical (unpaired) electrons. The highest BCUT2D eigenvalue weighted by Crippen LogP contribution is 2.20. The Labute approximate surface area is 121 Å². The molecule has 3 N–H and O–H groups in total. The fourth-order valence-corrected chi connectivity index (χ4v) is 2.81. The first kappa shape index (κ1) is 14.3. The van der Waals surface area contributed by atoms with E-state index in [1.165, 1.54) is 16.9 Å². The highest BCUT2D eigenvalue weighted by atomic mass is 32.1. The van der Waals surface area contributed by atoms with Gasteiger partial charge < -0.3 is 10.3 Å². The standard InChI is InChI=1S/C14H18N4OS/c1-3-8-18-12(11-6-4-10(2)5-7-11)9-20-14(18)17-16-13(15)19/h4-7,9H,3,8H2,1-2H3,(H3,15,16,19)/b17-14-. The highest BCUT2D eigenvalue weighted by molar-refractivity contribution is 7.07.